The summed E-state index contributed by atoms with van der Waals surface area (Å²) in [6, 6.07) is 1.82. The number of aromatic nitrogens is 7. The van der Waals surface area contributed by atoms with E-state index >= 15 is 0 Å². The van der Waals surface area contributed by atoms with Crippen LogP contribution in [0.25, 0.3) is 17.2 Å². The number of hydrogen-bond donors (Lipinski definition) is 1. The SMILES string of the molecule is C[C@@H]1C[C@@H](c2cn[nH]c2)CN(c2ccnc(-c3cnc4cnc(C(F)(F)F)cn34)n2)C1. The third kappa shape index (κ3) is 3.71. The van der Waals surface area contributed by atoms with Gasteiger partial charge < -0.3 is 4.90 Å². The Hall–Kier alpha value is -3.50. The first-order chi connectivity index (χ1) is 14.9. The van der Waals surface area contributed by atoms with E-state index in [4.69, 9.17) is 0 Å². The second kappa shape index (κ2) is 7.33. The van der Waals surface area contributed by atoms with Gasteiger partial charge in [0.2, 0.25) is 0 Å². The van der Waals surface area contributed by atoms with E-state index in [1.54, 1.807) is 6.20 Å². The van der Waals surface area contributed by atoms with E-state index in [-0.39, 0.29) is 0 Å². The minimum atomic E-state index is -4.55. The van der Waals surface area contributed by atoms with Gasteiger partial charge in [-0.25, -0.2) is 19.9 Å². The average molecular weight is 428 g/mol. The molecule has 1 saturated heterocycles. The Labute approximate surface area is 175 Å². The van der Waals surface area contributed by atoms with Crippen LogP contribution in [0.4, 0.5) is 19.0 Å². The molecule has 11 heteroatoms. The molecule has 2 atom stereocenters. The van der Waals surface area contributed by atoms with Gasteiger partial charge in [0.1, 0.15) is 11.5 Å². The predicted octanol–water partition coefficient (Wildman–Crippen LogP) is 3.56. The smallest absolute Gasteiger partial charge is 0.356 e. The van der Waals surface area contributed by atoms with Crippen molar-refractivity contribution >= 4 is 11.5 Å². The van der Waals surface area contributed by atoms with E-state index < -0.39 is 11.9 Å². The summed E-state index contributed by atoms with van der Waals surface area (Å²) in [6.07, 6.45) is 5.36. The minimum Gasteiger partial charge on any atom is -0.356 e. The number of anilines is 1. The molecule has 1 aliphatic rings. The Bertz CT molecular complexity index is 1200. The van der Waals surface area contributed by atoms with Crippen LogP contribution in [0.3, 0.4) is 0 Å². The molecule has 0 radical (unpaired) electrons. The molecule has 0 aliphatic carbocycles. The van der Waals surface area contributed by atoms with E-state index in [2.05, 4.69) is 42.0 Å². The van der Waals surface area contributed by atoms with Crippen LogP contribution < -0.4 is 4.90 Å². The molecule has 4 aromatic rings. The van der Waals surface area contributed by atoms with Crippen molar-refractivity contribution in [1.82, 2.24) is 34.5 Å². The number of aromatic amines is 1. The number of nitrogens with one attached hydrogen (secondary N) is 1. The molecule has 31 heavy (non-hydrogen) atoms. The fraction of sp³-hybridized carbons (Fsp3) is 0.350. The number of fused-ring (bicyclic) bond motifs is 1. The molecule has 0 saturated carbocycles. The molecule has 4 aromatic heterocycles. The van der Waals surface area contributed by atoms with E-state index in [1.807, 2.05) is 18.5 Å². The number of hydrogen-bond acceptors (Lipinski definition) is 6. The van der Waals surface area contributed by atoms with Gasteiger partial charge >= 0.3 is 6.18 Å². The fourth-order valence-corrected chi connectivity index (χ4v) is 4.11. The Balaban J connectivity index is 1.49. The molecule has 0 aromatic carbocycles. The first-order valence-electron chi connectivity index (χ1n) is 9.86. The summed E-state index contributed by atoms with van der Waals surface area (Å²) < 4.78 is 40.7. The molecule has 0 bridgehead atoms. The van der Waals surface area contributed by atoms with Crippen LogP contribution >= 0.6 is 0 Å². The van der Waals surface area contributed by atoms with Gasteiger partial charge in [0.15, 0.2) is 17.2 Å². The highest BCUT2D eigenvalue weighted by Gasteiger charge is 2.33. The quantitative estimate of drug-likeness (QED) is 0.537. The summed E-state index contributed by atoms with van der Waals surface area (Å²) >= 11 is 0. The number of H-pyrrole nitrogens is 1. The lowest BCUT2D eigenvalue weighted by molar-refractivity contribution is -0.141. The summed E-state index contributed by atoms with van der Waals surface area (Å²) in [5.74, 6) is 1.80. The molecule has 1 N–H and O–H groups in total. The van der Waals surface area contributed by atoms with Gasteiger partial charge in [-0.1, -0.05) is 6.92 Å². The van der Waals surface area contributed by atoms with Crippen LogP contribution in [0.1, 0.15) is 30.5 Å². The molecule has 160 valence electrons. The monoisotopic (exact) mass is 428 g/mol. The summed E-state index contributed by atoms with van der Waals surface area (Å²) in [7, 11) is 0. The Morgan fingerprint density at radius 3 is 2.74 bits per heavy atom. The van der Waals surface area contributed by atoms with Gasteiger partial charge in [-0.2, -0.15) is 18.3 Å². The minimum absolute atomic E-state index is 0.295. The van der Waals surface area contributed by atoms with Crippen LogP contribution in [0.2, 0.25) is 0 Å². The Kier molecular flexibility index (Phi) is 4.60. The molecular weight excluding hydrogens is 409 g/mol. The van der Waals surface area contributed by atoms with Gasteiger partial charge in [-0.05, 0) is 24.0 Å². The first kappa shape index (κ1) is 19.5. The maximum atomic E-state index is 13.1. The highest BCUT2D eigenvalue weighted by Crippen LogP contribution is 2.32. The van der Waals surface area contributed by atoms with E-state index in [9.17, 15) is 13.2 Å². The van der Waals surface area contributed by atoms with E-state index in [0.717, 1.165) is 43.3 Å². The van der Waals surface area contributed by atoms with Crippen molar-refractivity contribution in [3.63, 3.8) is 0 Å². The molecule has 0 unspecified atom stereocenters. The predicted molar refractivity (Wildman–Crippen MR) is 106 cm³/mol. The zero-order valence-corrected chi connectivity index (χ0v) is 16.6. The topological polar surface area (TPSA) is 87.9 Å². The second-order valence-electron chi connectivity index (χ2n) is 7.85. The molecule has 1 fully saturated rings. The van der Waals surface area contributed by atoms with E-state index in [1.165, 1.54) is 10.6 Å². The highest BCUT2D eigenvalue weighted by molar-refractivity contribution is 5.58. The molecule has 5 heterocycles. The molecule has 8 nitrogen and oxygen atoms in total. The lowest BCUT2D eigenvalue weighted by Crippen LogP contribution is -2.39. The number of imidazole rings is 1. The number of halogens is 3. The lowest BCUT2D eigenvalue weighted by Gasteiger charge is -2.37. The molecule has 5 rings (SSSR count). The van der Waals surface area contributed by atoms with Crippen molar-refractivity contribution < 1.29 is 13.2 Å². The lowest BCUT2D eigenvalue weighted by atomic mass is 9.87. The van der Waals surface area contributed by atoms with Gasteiger partial charge in [0.05, 0.1) is 18.6 Å². The third-order valence-corrected chi connectivity index (χ3v) is 5.53. The van der Waals surface area contributed by atoms with Crippen molar-refractivity contribution in [2.24, 2.45) is 5.92 Å². The fourth-order valence-electron chi connectivity index (χ4n) is 4.11. The van der Waals surface area contributed by atoms with Crippen molar-refractivity contribution in [2.45, 2.75) is 25.4 Å². The molecular formula is C20H19F3N8. The van der Waals surface area contributed by atoms with Crippen molar-refractivity contribution in [1.29, 1.82) is 0 Å². The number of nitrogens with zero attached hydrogens (tertiary/aromatic N) is 7. The second-order valence-corrected chi connectivity index (χ2v) is 7.85. The molecule has 0 amide bonds. The van der Waals surface area contributed by atoms with E-state index in [0.29, 0.717) is 29.0 Å². The zero-order chi connectivity index (χ0) is 21.6. The Morgan fingerprint density at radius 2 is 1.97 bits per heavy atom. The van der Waals surface area contributed by atoms with Gasteiger partial charge in [-0.3, -0.25) is 9.50 Å². The summed E-state index contributed by atoms with van der Waals surface area (Å²) in [5, 5.41) is 6.92. The standard InChI is InChI=1S/C20H19F3N8/c1-12-4-13(14-5-27-28-6-14)10-30(9-12)17-2-3-24-19(29-17)15-7-26-18-8-25-16(11-31(15)18)20(21,22)23/h2-3,5-8,11-13H,4,9-10H2,1H3,(H,27,28)/t12-,13-/m1/s1. The number of alkyl halides is 3. The average Bonchev–Trinajstić information content (AvgIpc) is 3.42. The van der Waals surface area contributed by atoms with Crippen molar-refractivity contribution in [3.05, 3.63) is 54.5 Å². The molecule has 1 aliphatic heterocycles. The normalized spacial score (nSPS) is 19.8. The molecule has 0 spiro atoms. The largest absolute Gasteiger partial charge is 0.434 e. The van der Waals surface area contributed by atoms with Gasteiger partial charge in [0.25, 0.3) is 0 Å². The summed E-state index contributed by atoms with van der Waals surface area (Å²) in [4.78, 5) is 18.7. The highest BCUT2D eigenvalue weighted by atomic mass is 19.4. The van der Waals surface area contributed by atoms with Crippen LogP contribution in [0.5, 0.6) is 0 Å². The number of piperidine rings is 1. The summed E-state index contributed by atoms with van der Waals surface area (Å²) in [5.41, 5.74) is 0.827. The van der Waals surface area contributed by atoms with Crippen LogP contribution in [0.15, 0.2) is 43.2 Å². The summed E-state index contributed by atoms with van der Waals surface area (Å²) in [6.45, 7) is 3.80. The third-order valence-electron chi connectivity index (χ3n) is 5.53. The van der Waals surface area contributed by atoms with Gasteiger partial charge in [-0.15, -0.1) is 0 Å². The maximum absolute atomic E-state index is 13.1. The van der Waals surface area contributed by atoms with Crippen LogP contribution in [-0.2, 0) is 6.18 Å². The van der Waals surface area contributed by atoms with Crippen LogP contribution in [0, 0.1) is 5.92 Å². The van der Waals surface area contributed by atoms with Gasteiger partial charge in [0, 0.05) is 37.6 Å². The first-order valence-corrected chi connectivity index (χ1v) is 9.86. The van der Waals surface area contributed by atoms with Crippen molar-refractivity contribution in [3.8, 4) is 11.5 Å². The maximum Gasteiger partial charge on any atom is 0.434 e. The number of rotatable bonds is 3. The zero-order valence-electron chi connectivity index (χ0n) is 16.6. The van der Waals surface area contributed by atoms with Crippen LogP contribution in [-0.4, -0.2) is 47.6 Å². The van der Waals surface area contributed by atoms with Crippen molar-refractivity contribution in [2.75, 3.05) is 18.0 Å². The Morgan fingerprint density at radius 1 is 1.10 bits per heavy atom.